The van der Waals surface area contributed by atoms with E-state index < -0.39 is 11.9 Å². The molecule has 0 unspecified atom stereocenters. The number of carbonyl (C=O) groups excluding carboxylic acids is 2. The summed E-state index contributed by atoms with van der Waals surface area (Å²) in [6.45, 7) is 1.93. The number of hydrogen-bond acceptors (Lipinski definition) is 8. The van der Waals surface area contributed by atoms with Gasteiger partial charge >= 0.3 is 11.9 Å². The molecule has 0 saturated carbocycles. The Labute approximate surface area is 230 Å². The molecule has 1 aliphatic rings. The van der Waals surface area contributed by atoms with E-state index in [2.05, 4.69) is 36.9 Å². The SMILES string of the molecule is COc1cc(C2=N/C(=C\c3cc(Br)cc(Br)c3OC(=O)c3ccc(C)cc3)C(=O)O2)cc(OC)c1OC. The van der Waals surface area contributed by atoms with Gasteiger partial charge in [-0.3, -0.25) is 0 Å². The normalized spacial score (nSPS) is 13.7. The quantitative estimate of drug-likeness (QED) is 0.177. The second-order valence-corrected chi connectivity index (χ2v) is 9.58. The number of carbonyl (C=O) groups is 2. The number of halogens is 2. The molecule has 0 radical (unpaired) electrons. The first kappa shape index (κ1) is 26.4. The van der Waals surface area contributed by atoms with Crippen LogP contribution in [0.3, 0.4) is 0 Å². The summed E-state index contributed by atoms with van der Waals surface area (Å²) in [5, 5.41) is 0. The van der Waals surface area contributed by atoms with Crippen molar-refractivity contribution in [2.75, 3.05) is 21.3 Å². The number of hydrogen-bond donors (Lipinski definition) is 0. The molecule has 0 aliphatic carbocycles. The Morgan fingerprint density at radius 1 is 0.919 bits per heavy atom. The van der Waals surface area contributed by atoms with E-state index in [1.165, 1.54) is 27.4 Å². The van der Waals surface area contributed by atoms with Crippen molar-refractivity contribution in [3.63, 3.8) is 0 Å². The fourth-order valence-electron chi connectivity index (χ4n) is 3.52. The highest BCUT2D eigenvalue weighted by Crippen LogP contribution is 2.40. The lowest BCUT2D eigenvalue weighted by atomic mass is 10.1. The maximum Gasteiger partial charge on any atom is 0.363 e. The van der Waals surface area contributed by atoms with Gasteiger partial charge in [0, 0.05) is 15.6 Å². The number of rotatable bonds is 7. The van der Waals surface area contributed by atoms with Crippen LogP contribution in [0.15, 0.2) is 68.2 Å². The lowest BCUT2D eigenvalue weighted by molar-refractivity contribution is -0.129. The van der Waals surface area contributed by atoms with Gasteiger partial charge in [0.25, 0.3) is 0 Å². The van der Waals surface area contributed by atoms with Crippen molar-refractivity contribution in [3.8, 4) is 23.0 Å². The van der Waals surface area contributed by atoms with E-state index in [4.69, 9.17) is 23.7 Å². The molecule has 8 nitrogen and oxygen atoms in total. The second-order valence-electron chi connectivity index (χ2n) is 7.81. The second kappa shape index (κ2) is 11.2. The van der Waals surface area contributed by atoms with Gasteiger partial charge in [0.2, 0.25) is 11.6 Å². The first-order valence-electron chi connectivity index (χ1n) is 10.8. The summed E-state index contributed by atoms with van der Waals surface area (Å²) in [6, 6.07) is 13.7. The van der Waals surface area contributed by atoms with Gasteiger partial charge in [-0.05, 0) is 65.3 Å². The van der Waals surface area contributed by atoms with Crippen molar-refractivity contribution in [1.82, 2.24) is 0 Å². The number of esters is 2. The molecule has 3 aromatic carbocycles. The summed E-state index contributed by atoms with van der Waals surface area (Å²) in [6.07, 6.45) is 1.49. The molecule has 1 heterocycles. The molecule has 3 aromatic rings. The van der Waals surface area contributed by atoms with E-state index in [1.54, 1.807) is 36.4 Å². The fourth-order valence-corrected chi connectivity index (χ4v) is 4.86. The Bertz CT molecular complexity index is 1420. The van der Waals surface area contributed by atoms with Gasteiger partial charge in [-0.15, -0.1) is 0 Å². The van der Waals surface area contributed by atoms with Gasteiger partial charge in [0.15, 0.2) is 22.9 Å². The lowest BCUT2D eigenvalue weighted by Crippen LogP contribution is -2.10. The zero-order chi connectivity index (χ0) is 26.7. The molecule has 0 atom stereocenters. The summed E-state index contributed by atoms with van der Waals surface area (Å²) in [5.74, 6) is 0.235. The summed E-state index contributed by atoms with van der Waals surface area (Å²) >= 11 is 6.87. The standard InChI is InChI=1S/C27H21Br2NO7/c1-14-5-7-15(8-6-14)26(31)36-23-16(9-18(28)13-19(23)29)10-20-27(32)37-25(30-20)17-11-21(33-2)24(35-4)22(12-17)34-3/h5-13H,1-4H3/b20-10-. The molecule has 4 rings (SSSR count). The zero-order valence-electron chi connectivity index (χ0n) is 20.3. The third kappa shape index (κ3) is 5.70. The molecular weight excluding hydrogens is 610 g/mol. The number of benzene rings is 3. The van der Waals surface area contributed by atoms with Crippen LogP contribution in [0.5, 0.6) is 23.0 Å². The maximum absolute atomic E-state index is 12.8. The minimum atomic E-state index is -0.671. The first-order valence-corrected chi connectivity index (χ1v) is 12.4. The minimum absolute atomic E-state index is 0.0152. The van der Waals surface area contributed by atoms with Gasteiger partial charge < -0.3 is 23.7 Å². The van der Waals surface area contributed by atoms with Gasteiger partial charge in [0.1, 0.15) is 0 Å². The number of cyclic esters (lactones) is 1. The van der Waals surface area contributed by atoms with E-state index in [1.807, 2.05) is 19.1 Å². The molecule has 0 fully saturated rings. The van der Waals surface area contributed by atoms with Crippen molar-refractivity contribution in [2.24, 2.45) is 4.99 Å². The Morgan fingerprint density at radius 3 is 2.16 bits per heavy atom. The molecule has 10 heteroatoms. The molecule has 0 bridgehead atoms. The molecule has 37 heavy (non-hydrogen) atoms. The van der Waals surface area contributed by atoms with Crippen LogP contribution < -0.4 is 18.9 Å². The number of methoxy groups -OCH3 is 3. The van der Waals surface area contributed by atoms with Crippen LogP contribution in [-0.4, -0.2) is 39.2 Å². The predicted octanol–water partition coefficient (Wildman–Crippen LogP) is 6.11. The molecule has 0 aromatic heterocycles. The van der Waals surface area contributed by atoms with Gasteiger partial charge in [-0.2, -0.15) is 0 Å². The fraction of sp³-hybridized carbons (Fsp3) is 0.148. The van der Waals surface area contributed by atoms with Crippen LogP contribution in [0.2, 0.25) is 0 Å². The molecular formula is C27H21Br2NO7. The highest BCUT2D eigenvalue weighted by Gasteiger charge is 2.27. The summed E-state index contributed by atoms with van der Waals surface area (Å²) < 4.78 is 28.4. The van der Waals surface area contributed by atoms with Crippen molar-refractivity contribution in [3.05, 3.63) is 85.4 Å². The maximum atomic E-state index is 12.8. The molecule has 0 saturated heterocycles. The highest BCUT2D eigenvalue weighted by atomic mass is 79.9. The first-order chi connectivity index (χ1) is 17.7. The van der Waals surface area contributed by atoms with Crippen molar-refractivity contribution in [2.45, 2.75) is 6.92 Å². The van der Waals surface area contributed by atoms with Crippen LogP contribution in [-0.2, 0) is 9.53 Å². The monoisotopic (exact) mass is 629 g/mol. The molecule has 1 aliphatic heterocycles. The molecule has 0 spiro atoms. The van der Waals surface area contributed by atoms with Crippen LogP contribution >= 0.6 is 31.9 Å². The van der Waals surface area contributed by atoms with E-state index >= 15 is 0 Å². The number of aliphatic imine (C=N–C) groups is 1. The Kier molecular flexibility index (Phi) is 7.99. The number of nitrogens with zero attached hydrogens (tertiary/aromatic N) is 1. The Morgan fingerprint density at radius 2 is 1.57 bits per heavy atom. The third-order valence-corrected chi connectivity index (χ3v) is 6.39. The van der Waals surface area contributed by atoms with Gasteiger partial charge in [-0.1, -0.05) is 33.6 Å². The summed E-state index contributed by atoms with van der Waals surface area (Å²) in [4.78, 5) is 29.9. The number of ether oxygens (including phenoxy) is 5. The van der Waals surface area contributed by atoms with E-state index in [-0.39, 0.29) is 17.3 Å². The Balaban J connectivity index is 1.72. The zero-order valence-corrected chi connectivity index (χ0v) is 23.4. The molecule has 0 amide bonds. The lowest BCUT2D eigenvalue weighted by Gasteiger charge is -2.13. The average Bonchev–Trinajstić information content (AvgIpc) is 3.25. The molecule has 190 valence electrons. The predicted molar refractivity (Wildman–Crippen MR) is 145 cm³/mol. The van der Waals surface area contributed by atoms with Crippen LogP contribution in [0.25, 0.3) is 6.08 Å². The smallest absolute Gasteiger partial charge is 0.363 e. The van der Waals surface area contributed by atoms with Gasteiger partial charge in [0.05, 0.1) is 31.4 Å². The van der Waals surface area contributed by atoms with Crippen molar-refractivity contribution < 1.29 is 33.3 Å². The van der Waals surface area contributed by atoms with E-state index in [0.717, 1.165) is 5.56 Å². The van der Waals surface area contributed by atoms with E-state index in [9.17, 15) is 9.59 Å². The van der Waals surface area contributed by atoms with Gasteiger partial charge in [-0.25, -0.2) is 14.6 Å². The van der Waals surface area contributed by atoms with E-state index in [0.29, 0.717) is 42.9 Å². The average molecular weight is 631 g/mol. The van der Waals surface area contributed by atoms with Crippen molar-refractivity contribution >= 4 is 55.8 Å². The molecule has 0 N–H and O–H groups in total. The largest absolute Gasteiger partial charge is 0.493 e. The summed E-state index contributed by atoms with van der Waals surface area (Å²) in [7, 11) is 4.46. The Hall–Kier alpha value is -3.63. The third-order valence-electron chi connectivity index (χ3n) is 5.34. The van der Waals surface area contributed by atoms with Crippen molar-refractivity contribution in [1.29, 1.82) is 0 Å². The van der Waals surface area contributed by atoms with Crippen LogP contribution in [0, 0.1) is 6.92 Å². The van der Waals surface area contributed by atoms with Crippen LogP contribution in [0.4, 0.5) is 0 Å². The minimum Gasteiger partial charge on any atom is -0.493 e. The number of aryl methyl sites for hydroxylation is 1. The topological polar surface area (TPSA) is 92.7 Å². The summed E-state index contributed by atoms with van der Waals surface area (Å²) in [5.41, 5.74) is 2.31. The highest BCUT2D eigenvalue weighted by molar-refractivity contribution is 9.11. The van der Waals surface area contributed by atoms with Crippen LogP contribution in [0.1, 0.15) is 27.0 Å².